The molecule has 1 saturated heterocycles. The van der Waals surface area contributed by atoms with Gasteiger partial charge in [0.05, 0.1) is 0 Å². The van der Waals surface area contributed by atoms with Crippen molar-refractivity contribution >= 4 is 0 Å². The fourth-order valence-electron chi connectivity index (χ4n) is 2.83. The monoisotopic (exact) mass is 183 g/mol. The molecule has 2 heteroatoms. The first-order chi connectivity index (χ1) is 6.42. The van der Waals surface area contributed by atoms with E-state index >= 15 is 0 Å². The molecule has 0 spiro atoms. The third-order valence-corrected chi connectivity index (χ3v) is 3.74. The van der Waals surface area contributed by atoms with Crippen molar-refractivity contribution in [3.63, 3.8) is 0 Å². The molecule has 0 bridgehead atoms. The van der Waals surface area contributed by atoms with Crippen LogP contribution in [0.5, 0.6) is 0 Å². The van der Waals surface area contributed by atoms with Crippen LogP contribution in [0.25, 0.3) is 0 Å². The van der Waals surface area contributed by atoms with Crippen molar-refractivity contribution in [2.75, 3.05) is 26.8 Å². The van der Waals surface area contributed by atoms with Crippen LogP contribution in [-0.4, -0.2) is 26.8 Å². The molecule has 1 aliphatic carbocycles. The molecular formula is C11H21NO. The Hall–Kier alpha value is -0.0800. The summed E-state index contributed by atoms with van der Waals surface area (Å²) in [4.78, 5) is 0. The highest BCUT2D eigenvalue weighted by Crippen LogP contribution is 2.42. The van der Waals surface area contributed by atoms with E-state index in [0.29, 0.717) is 0 Å². The Morgan fingerprint density at radius 3 is 2.77 bits per heavy atom. The minimum absolute atomic E-state index is 0.876. The summed E-state index contributed by atoms with van der Waals surface area (Å²) in [5, 5.41) is 3.30. The molecule has 1 aliphatic heterocycles. The van der Waals surface area contributed by atoms with E-state index in [9.17, 15) is 0 Å². The molecule has 1 N–H and O–H groups in total. The van der Waals surface area contributed by atoms with Crippen molar-refractivity contribution in [1.29, 1.82) is 0 Å². The summed E-state index contributed by atoms with van der Waals surface area (Å²) in [7, 11) is 2.06. The zero-order chi connectivity index (χ0) is 9.10. The standard InChI is InChI=1S/C11H21NO/c1-12-7-9-4-5-11(9)10-3-2-6-13-8-10/h9-12H,2-8H2,1H3. The number of hydrogen-bond donors (Lipinski definition) is 1. The van der Waals surface area contributed by atoms with Crippen LogP contribution in [0, 0.1) is 17.8 Å². The molecule has 0 radical (unpaired) electrons. The summed E-state index contributed by atoms with van der Waals surface area (Å²) in [5.41, 5.74) is 0. The predicted molar refractivity (Wildman–Crippen MR) is 53.7 cm³/mol. The third kappa shape index (κ3) is 2.05. The molecule has 2 aliphatic rings. The Balaban J connectivity index is 1.78. The molecule has 2 nitrogen and oxygen atoms in total. The Bertz CT molecular complexity index is 154. The number of hydrogen-bond acceptors (Lipinski definition) is 2. The van der Waals surface area contributed by atoms with Crippen LogP contribution in [0.15, 0.2) is 0 Å². The van der Waals surface area contributed by atoms with Gasteiger partial charge >= 0.3 is 0 Å². The van der Waals surface area contributed by atoms with E-state index < -0.39 is 0 Å². The van der Waals surface area contributed by atoms with E-state index in [1.54, 1.807) is 0 Å². The number of ether oxygens (including phenoxy) is 1. The van der Waals surface area contributed by atoms with Gasteiger partial charge in [-0.15, -0.1) is 0 Å². The van der Waals surface area contributed by atoms with Crippen molar-refractivity contribution < 1.29 is 4.74 Å². The second-order valence-corrected chi connectivity index (χ2v) is 4.54. The lowest BCUT2D eigenvalue weighted by Gasteiger charge is -2.43. The van der Waals surface area contributed by atoms with E-state index in [2.05, 4.69) is 12.4 Å². The summed E-state index contributed by atoms with van der Waals surface area (Å²) in [6.07, 6.45) is 5.57. The molecule has 2 fully saturated rings. The van der Waals surface area contributed by atoms with Gasteiger partial charge in [-0.2, -0.15) is 0 Å². The van der Waals surface area contributed by atoms with E-state index in [1.165, 1.54) is 32.2 Å². The topological polar surface area (TPSA) is 21.3 Å². The first-order valence-electron chi connectivity index (χ1n) is 5.64. The molecule has 0 aromatic heterocycles. The Morgan fingerprint density at radius 2 is 2.23 bits per heavy atom. The fraction of sp³-hybridized carbons (Fsp3) is 1.00. The lowest BCUT2D eigenvalue weighted by molar-refractivity contribution is -0.0134. The molecule has 13 heavy (non-hydrogen) atoms. The summed E-state index contributed by atoms with van der Waals surface area (Å²) in [5.74, 6) is 2.78. The zero-order valence-electron chi connectivity index (χ0n) is 8.59. The molecule has 1 heterocycles. The summed E-state index contributed by atoms with van der Waals surface area (Å²) in [6, 6.07) is 0. The molecule has 2 rings (SSSR count). The molecule has 0 aromatic rings. The van der Waals surface area contributed by atoms with Crippen LogP contribution in [0.2, 0.25) is 0 Å². The largest absolute Gasteiger partial charge is 0.381 e. The van der Waals surface area contributed by atoms with E-state index in [1.807, 2.05) is 0 Å². The van der Waals surface area contributed by atoms with Gasteiger partial charge in [0, 0.05) is 13.2 Å². The second kappa shape index (κ2) is 4.43. The highest BCUT2D eigenvalue weighted by atomic mass is 16.5. The SMILES string of the molecule is CNCC1CCC1C1CCCOC1. The van der Waals surface area contributed by atoms with Crippen LogP contribution in [-0.2, 0) is 4.74 Å². The minimum Gasteiger partial charge on any atom is -0.381 e. The van der Waals surface area contributed by atoms with Crippen molar-refractivity contribution in [3.05, 3.63) is 0 Å². The third-order valence-electron chi connectivity index (χ3n) is 3.74. The van der Waals surface area contributed by atoms with E-state index in [4.69, 9.17) is 4.74 Å². The highest BCUT2D eigenvalue weighted by molar-refractivity contribution is 4.87. The van der Waals surface area contributed by atoms with Crippen molar-refractivity contribution in [1.82, 2.24) is 5.32 Å². The van der Waals surface area contributed by atoms with Crippen molar-refractivity contribution in [2.45, 2.75) is 25.7 Å². The van der Waals surface area contributed by atoms with Gasteiger partial charge in [-0.05, 0) is 57.0 Å². The summed E-state index contributed by atoms with van der Waals surface area (Å²) >= 11 is 0. The molecular weight excluding hydrogens is 162 g/mol. The fourth-order valence-corrected chi connectivity index (χ4v) is 2.83. The average Bonchev–Trinajstić information content (AvgIpc) is 2.14. The average molecular weight is 183 g/mol. The highest BCUT2D eigenvalue weighted by Gasteiger charge is 2.36. The molecule has 1 saturated carbocycles. The van der Waals surface area contributed by atoms with Gasteiger partial charge in [0.25, 0.3) is 0 Å². The summed E-state index contributed by atoms with van der Waals surface area (Å²) in [6.45, 7) is 3.24. The zero-order valence-corrected chi connectivity index (χ0v) is 8.59. The van der Waals surface area contributed by atoms with Gasteiger partial charge in [0.15, 0.2) is 0 Å². The Labute approximate surface area is 81.0 Å². The molecule has 0 amide bonds. The first kappa shape index (κ1) is 9.47. The van der Waals surface area contributed by atoms with Gasteiger partial charge in [0.1, 0.15) is 0 Å². The van der Waals surface area contributed by atoms with Crippen LogP contribution in [0.4, 0.5) is 0 Å². The van der Waals surface area contributed by atoms with Gasteiger partial charge < -0.3 is 10.1 Å². The van der Waals surface area contributed by atoms with E-state index in [0.717, 1.165) is 31.0 Å². The maximum Gasteiger partial charge on any atom is 0.0497 e. The van der Waals surface area contributed by atoms with Gasteiger partial charge in [-0.1, -0.05) is 0 Å². The van der Waals surface area contributed by atoms with Crippen molar-refractivity contribution in [2.24, 2.45) is 17.8 Å². The van der Waals surface area contributed by atoms with Crippen molar-refractivity contribution in [3.8, 4) is 0 Å². The molecule has 3 unspecified atom stereocenters. The lowest BCUT2D eigenvalue weighted by atomic mass is 9.66. The maximum atomic E-state index is 5.55. The number of rotatable bonds is 3. The van der Waals surface area contributed by atoms with Gasteiger partial charge in [-0.25, -0.2) is 0 Å². The molecule has 76 valence electrons. The molecule has 0 aromatic carbocycles. The molecule has 3 atom stereocenters. The van der Waals surface area contributed by atoms with Crippen LogP contribution in [0.3, 0.4) is 0 Å². The first-order valence-corrected chi connectivity index (χ1v) is 5.64. The Morgan fingerprint density at radius 1 is 1.31 bits per heavy atom. The predicted octanol–water partition coefficient (Wildman–Crippen LogP) is 1.66. The normalized spacial score (nSPS) is 39.9. The smallest absolute Gasteiger partial charge is 0.0497 e. The number of nitrogens with one attached hydrogen (secondary N) is 1. The van der Waals surface area contributed by atoms with Crippen LogP contribution < -0.4 is 5.32 Å². The maximum absolute atomic E-state index is 5.55. The van der Waals surface area contributed by atoms with Gasteiger partial charge in [0.2, 0.25) is 0 Å². The Kier molecular flexibility index (Phi) is 3.23. The summed E-state index contributed by atoms with van der Waals surface area (Å²) < 4.78 is 5.55. The lowest BCUT2D eigenvalue weighted by Crippen LogP contribution is -2.41. The second-order valence-electron chi connectivity index (χ2n) is 4.54. The van der Waals surface area contributed by atoms with Gasteiger partial charge in [-0.3, -0.25) is 0 Å². The minimum atomic E-state index is 0.876. The quantitative estimate of drug-likeness (QED) is 0.718. The van der Waals surface area contributed by atoms with Crippen LogP contribution >= 0.6 is 0 Å². The van der Waals surface area contributed by atoms with E-state index in [-0.39, 0.29) is 0 Å². The van der Waals surface area contributed by atoms with Crippen LogP contribution in [0.1, 0.15) is 25.7 Å².